The third-order valence-electron chi connectivity index (χ3n) is 5.47. The number of nitrogens with one attached hydrogen (secondary N) is 1. The van der Waals surface area contributed by atoms with Crippen LogP contribution < -0.4 is 5.32 Å². The van der Waals surface area contributed by atoms with Crippen molar-refractivity contribution in [1.29, 1.82) is 0 Å². The minimum atomic E-state index is 0.0951. The van der Waals surface area contributed by atoms with Crippen LogP contribution in [0.1, 0.15) is 42.7 Å². The molecule has 2 atom stereocenters. The number of pyridine rings is 1. The van der Waals surface area contributed by atoms with Crippen LogP contribution in [0.5, 0.6) is 0 Å². The van der Waals surface area contributed by atoms with Crippen LogP contribution in [-0.2, 0) is 4.79 Å². The third kappa shape index (κ3) is 3.62. The van der Waals surface area contributed by atoms with E-state index in [-0.39, 0.29) is 5.91 Å². The highest BCUT2D eigenvalue weighted by Crippen LogP contribution is 2.40. The normalized spacial score (nSPS) is 19.6. The zero-order valence-electron chi connectivity index (χ0n) is 15.1. The van der Waals surface area contributed by atoms with Crippen LogP contribution in [0.4, 0.5) is 5.69 Å². The Labute approximate surface area is 154 Å². The number of hydrogen-bond acceptors (Lipinski definition) is 2. The van der Waals surface area contributed by atoms with Crippen LogP contribution in [0.2, 0.25) is 0 Å². The Morgan fingerprint density at radius 3 is 2.73 bits per heavy atom. The summed E-state index contributed by atoms with van der Waals surface area (Å²) in [6.07, 6.45) is 5.76. The van der Waals surface area contributed by atoms with Crippen LogP contribution >= 0.6 is 0 Å². The Hall–Kier alpha value is -2.68. The molecule has 1 heterocycles. The molecule has 0 saturated heterocycles. The van der Waals surface area contributed by atoms with Crippen LogP contribution in [0, 0.1) is 12.8 Å². The highest BCUT2D eigenvalue weighted by atomic mass is 16.1. The van der Waals surface area contributed by atoms with Gasteiger partial charge in [0.2, 0.25) is 5.91 Å². The maximum absolute atomic E-state index is 12.6. The topological polar surface area (TPSA) is 42.0 Å². The van der Waals surface area contributed by atoms with E-state index in [1.165, 1.54) is 17.5 Å². The Kier molecular flexibility index (Phi) is 4.70. The molecule has 132 valence electrons. The first-order valence-corrected chi connectivity index (χ1v) is 9.39. The first kappa shape index (κ1) is 16.8. The zero-order valence-corrected chi connectivity index (χ0v) is 15.1. The molecular formula is C23H24N2O. The maximum atomic E-state index is 12.6. The van der Waals surface area contributed by atoms with Crippen LogP contribution in [-0.4, -0.2) is 10.9 Å². The second-order valence-corrected chi connectivity index (χ2v) is 7.42. The van der Waals surface area contributed by atoms with E-state index >= 15 is 0 Å². The molecule has 0 spiro atoms. The number of nitrogens with zero attached hydrogens (tertiary/aromatic N) is 1. The van der Waals surface area contributed by atoms with Gasteiger partial charge in [0, 0.05) is 18.0 Å². The largest absolute Gasteiger partial charge is 0.324 e. The molecule has 3 heteroatoms. The Morgan fingerprint density at radius 2 is 1.88 bits per heavy atom. The Morgan fingerprint density at radius 1 is 1.08 bits per heavy atom. The summed E-state index contributed by atoms with van der Waals surface area (Å²) in [4.78, 5) is 17.0. The SMILES string of the molecule is Cc1ccc(C2CCC(CC(=O)Nc3cccc4cccnc34)C2)cc1. The number of amides is 1. The van der Waals surface area contributed by atoms with Crippen molar-refractivity contribution in [1.82, 2.24) is 4.98 Å². The predicted molar refractivity (Wildman–Crippen MR) is 106 cm³/mol. The minimum Gasteiger partial charge on any atom is -0.324 e. The average Bonchev–Trinajstić information content (AvgIpc) is 3.11. The molecule has 4 rings (SSSR count). The molecule has 3 nitrogen and oxygen atoms in total. The summed E-state index contributed by atoms with van der Waals surface area (Å²) in [6.45, 7) is 2.12. The quantitative estimate of drug-likeness (QED) is 0.683. The summed E-state index contributed by atoms with van der Waals surface area (Å²) in [7, 11) is 0. The lowest BCUT2D eigenvalue weighted by atomic mass is 9.94. The van der Waals surface area contributed by atoms with Gasteiger partial charge in [0.15, 0.2) is 0 Å². The number of benzene rings is 2. The summed E-state index contributed by atoms with van der Waals surface area (Å²) in [5.41, 5.74) is 4.37. The van der Waals surface area contributed by atoms with Gasteiger partial charge in [-0.2, -0.15) is 0 Å². The van der Waals surface area contributed by atoms with Gasteiger partial charge >= 0.3 is 0 Å². The van der Waals surface area contributed by atoms with Crippen molar-refractivity contribution in [3.63, 3.8) is 0 Å². The van der Waals surface area contributed by atoms with Crippen molar-refractivity contribution in [2.24, 2.45) is 5.92 Å². The van der Waals surface area contributed by atoms with Gasteiger partial charge in [-0.3, -0.25) is 9.78 Å². The molecule has 26 heavy (non-hydrogen) atoms. The van der Waals surface area contributed by atoms with Crippen molar-refractivity contribution >= 4 is 22.5 Å². The Balaban J connectivity index is 1.39. The number of aromatic nitrogens is 1. The van der Waals surface area contributed by atoms with Crippen LogP contribution in [0.25, 0.3) is 10.9 Å². The van der Waals surface area contributed by atoms with Gasteiger partial charge in [-0.1, -0.05) is 48.0 Å². The first-order valence-electron chi connectivity index (χ1n) is 9.39. The van der Waals surface area contributed by atoms with Gasteiger partial charge in [-0.15, -0.1) is 0 Å². The molecule has 1 aliphatic carbocycles. The fourth-order valence-electron chi connectivity index (χ4n) is 4.07. The second-order valence-electron chi connectivity index (χ2n) is 7.42. The van der Waals surface area contributed by atoms with Crippen molar-refractivity contribution in [2.45, 2.75) is 38.5 Å². The number of carbonyl (C=O) groups is 1. The molecule has 1 N–H and O–H groups in total. The van der Waals surface area contributed by atoms with E-state index < -0.39 is 0 Å². The molecule has 1 amide bonds. The first-order chi connectivity index (χ1) is 12.7. The second kappa shape index (κ2) is 7.28. The number of rotatable bonds is 4. The minimum absolute atomic E-state index is 0.0951. The lowest BCUT2D eigenvalue weighted by Gasteiger charge is -2.13. The smallest absolute Gasteiger partial charge is 0.224 e. The number of fused-ring (bicyclic) bond motifs is 1. The van der Waals surface area contributed by atoms with Gasteiger partial charge in [0.1, 0.15) is 0 Å². The molecule has 3 aromatic rings. The number of hydrogen-bond donors (Lipinski definition) is 1. The van der Waals surface area contributed by atoms with Gasteiger partial charge in [0.25, 0.3) is 0 Å². The summed E-state index contributed by atoms with van der Waals surface area (Å²) in [6, 6.07) is 18.7. The van der Waals surface area contributed by atoms with Gasteiger partial charge < -0.3 is 5.32 Å². The van der Waals surface area contributed by atoms with E-state index in [9.17, 15) is 4.79 Å². The number of para-hydroxylation sites is 1. The van der Waals surface area contributed by atoms with E-state index in [1.807, 2.05) is 30.3 Å². The van der Waals surface area contributed by atoms with Crippen molar-refractivity contribution < 1.29 is 4.79 Å². The van der Waals surface area contributed by atoms with E-state index in [0.29, 0.717) is 18.3 Å². The molecule has 0 radical (unpaired) electrons. The molecule has 0 aliphatic heterocycles. The van der Waals surface area contributed by atoms with Crippen molar-refractivity contribution in [3.05, 3.63) is 71.9 Å². The zero-order chi connectivity index (χ0) is 17.9. The molecule has 2 aromatic carbocycles. The van der Waals surface area contributed by atoms with Crippen LogP contribution in [0.3, 0.4) is 0 Å². The summed E-state index contributed by atoms with van der Waals surface area (Å²) in [5.74, 6) is 1.15. The highest BCUT2D eigenvalue weighted by molar-refractivity contribution is 6.00. The molecule has 1 saturated carbocycles. The fraction of sp³-hybridized carbons (Fsp3) is 0.304. The van der Waals surface area contributed by atoms with E-state index in [0.717, 1.165) is 29.4 Å². The van der Waals surface area contributed by atoms with Gasteiger partial charge in [0.05, 0.1) is 11.2 Å². The lowest BCUT2D eigenvalue weighted by Crippen LogP contribution is -2.15. The van der Waals surface area contributed by atoms with E-state index in [2.05, 4.69) is 41.5 Å². The molecule has 1 aliphatic rings. The van der Waals surface area contributed by atoms with Gasteiger partial charge in [-0.05, 0) is 55.7 Å². The van der Waals surface area contributed by atoms with E-state index in [1.54, 1.807) is 6.20 Å². The molecular weight excluding hydrogens is 320 g/mol. The number of carbonyl (C=O) groups excluding carboxylic acids is 1. The number of anilines is 1. The van der Waals surface area contributed by atoms with Crippen molar-refractivity contribution in [3.8, 4) is 0 Å². The van der Waals surface area contributed by atoms with Crippen molar-refractivity contribution in [2.75, 3.05) is 5.32 Å². The lowest BCUT2D eigenvalue weighted by molar-refractivity contribution is -0.117. The predicted octanol–water partition coefficient (Wildman–Crippen LogP) is 5.46. The molecule has 2 unspecified atom stereocenters. The Bertz CT molecular complexity index is 912. The average molecular weight is 344 g/mol. The van der Waals surface area contributed by atoms with Gasteiger partial charge in [-0.25, -0.2) is 0 Å². The standard InChI is InChI=1S/C23H24N2O/c1-16-7-10-18(11-8-16)20-12-9-17(14-20)15-22(26)25-21-6-2-4-19-5-3-13-24-23(19)21/h2-8,10-11,13,17,20H,9,12,14-15H2,1H3,(H,25,26). The van der Waals surface area contributed by atoms with Crippen LogP contribution in [0.15, 0.2) is 60.8 Å². The summed E-state index contributed by atoms with van der Waals surface area (Å²) >= 11 is 0. The summed E-state index contributed by atoms with van der Waals surface area (Å²) < 4.78 is 0. The highest BCUT2D eigenvalue weighted by Gasteiger charge is 2.27. The van der Waals surface area contributed by atoms with E-state index in [4.69, 9.17) is 0 Å². The maximum Gasteiger partial charge on any atom is 0.224 e. The fourth-order valence-corrected chi connectivity index (χ4v) is 4.07. The molecule has 0 bridgehead atoms. The monoisotopic (exact) mass is 344 g/mol. The molecule has 1 aromatic heterocycles. The number of aryl methyl sites for hydroxylation is 1. The molecule has 1 fully saturated rings. The third-order valence-corrected chi connectivity index (χ3v) is 5.47. The summed E-state index contributed by atoms with van der Waals surface area (Å²) in [5, 5.41) is 4.12.